The number of aliphatic hydroxyl groups excluding tert-OH is 1. The lowest BCUT2D eigenvalue weighted by atomic mass is 10.1. The molecule has 0 aromatic rings. The summed E-state index contributed by atoms with van der Waals surface area (Å²) in [5.74, 6) is -0.608. The number of hydrogen-bond acceptors (Lipinski definition) is 5. The number of carbonyl (C=O) groups excluding carboxylic acids is 2. The molecule has 33 heavy (non-hydrogen) atoms. The lowest BCUT2D eigenvalue weighted by Crippen LogP contribution is -2.28. The van der Waals surface area contributed by atoms with Gasteiger partial charge in [0.2, 0.25) is 0 Å². The van der Waals surface area contributed by atoms with Crippen molar-refractivity contribution in [3.8, 4) is 0 Å². The van der Waals surface area contributed by atoms with E-state index in [9.17, 15) is 14.7 Å². The Bertz CT molecular complexity index is 475. The zero-order valence-corrected chi connectivity index (χ0v) is 21.7. The fraction of sp³-hybridized carbons (Fsp3) is 0.857. The second kappa shape index (κ2) is 25.3. The lowest BCUT2D eigenvalue weighted by Gasteiger charge is -2.15. The van der Waals surface area contributed by atoms with Crippen molar-refractivity contribution >= 4 is 11.9 Å². The number of allylic oxidation sites excluding steroid dienone is 2. The minimum absolute atomic E-state index is 0.0654. The summed E-state index contributed by atoms with van der Waals surface area (Å²) in [6.45, 7) is 3.98. The number of ether oxygens (including phenoxy) is 2. The SMILES string of the molecule is CC/C=C\CCCCCCCC(=O)O[C@H](CO)COC(=O)CCCCCCCCCCCC. The summed E-state index contributed by atoms with van der Waals surface area (Å²) in [6.07, 6.45) is 24.1. The zero-order chi connectivity index (χ0) is 24.4. The van der Waals surface area contributed by atoms with Crippen LogP contribution >= 0.6 is 0 Å². The Balaban J connectivity index is 3.62. The number of unbranched alkanes of at least 4 members (excludes halogenated alkanes) is 14. The van der Waals surface area contributed by atoms with Crippen molar-refractivity contribution in [2.75, 3.05) is 13.2 Å². The molecule has 0 radical (unpaired) electrons. The predicted octanol–water partition coefficient (Wildman–Crippen LogP) is 7.44. The van der Waals surface area contributed by atoms with Crippen molar-refractivity contribution in [2.24, 2.45) is 0 Å². The predicted molar refractivity (Wildman–Crippen MR) is 136 cm³/mol. The molecule has 5 nitrogen and oxygen atoms in total. The van der Waals surface area contributed by atoms with E-state index in [2.05, 4.69) is 26.0 Å². The first-order valence-electron chi connectivity index (χ1n) is 13.7. The van der Waals surface area contributed by atoms with Crippen LogP contribution in [0, 0.1) is 0 Å². The Morgan fingerprint density at radius 3 is 1.76 bits per heavy atom. The molecule has 1 atom stereocenters. The first-order chi connectivity index (χ1) is 16.1. The minimum atomic E-state index is -0.764. The molecule has 0 bridgehead atoms. The molecule has 0 saturated carbocycles. The molecule has 0 heterocycles. The number of aliphatic hydroxyl groups is 1. The maximum absolute atomic E-state index is 12.0. The largest absolute Gasteiger partial charge is 0.462 e. The topological polar surface area (TPSA) is 72.8 Å². The average Bonchev–Trinajstić information content (AvgIpc) is 2.81. The van der Waals surface area contributed by atoms with Gasteiger partial charge in [0.25, 0.3) is 0 Å². The van der Waals surface area contributed by atoms with Crippen molar-refractivity contribution in [2.45, 2.75) is 142 Å². The molecule has 0 unspecified atom stereocenters. The van der Waals surface area contributed by atoms with Crippen LogP contribution < -0.4 is 0 Å². The van der Waals surface area contributed by atoms with Gasteiger partial charge in [0.05, 0.1) is 6.61 Å². The Morgan fingerprint density at radius 2 is 1.21 bits per heavy atom. The van der Waals surface area contributed by atoms with Gasteiger partial charge in [-0.15, -0.1) is 0 Å². The van der Waals surface area contributed by atoms with Crippen molar-refractivity contribution in [3.05, 3.63) is 12.2 Å². The maximum atomic E-state index is 12.0. The van der Waals surface area contributed by atoms with Gasteiger partial charge in [0.1, 0.15) is 6.61 Å². The quantitative estimate of drug-likeness (QED) is 0.0905. The van der Waals surface area contributed by atoms with Gasteiger partial charge < -0.3 is 14.6 Å². The number of hydrogen-bond donors (Lipinski definition) is 1. The van der Waals surface area contributed by atoms with Gasteiger partial charge in [0.15, 0.2) is 6.10 Å². The summed E-state index contributed by atoms with van der Waals surface area (Å²) < 4.78 is 10.4. The first-order valence-corrected chi connectivity index (χ1v) is 13.7. The maximum Gasteiger partial charge on any atom is 0.306 e. The molecule has 0 rings (SSSR count). The highest BCUT2D eigenvalue weighted by Crippen LogP contribution is 2.12. The van der Waals surface area contributed by atoms with Crippen molar-refractivity contribution in [1.82, 2.24) is 0 Å². The Hall–Kier alpha value is -1.36. The molecule has 194 valence electrons. The van der Waals surface area contributed by atoms with Gasteiger partial charge in [-0.3, -0.25) is 9.59 Å². The van der Waals surface area contributed by atoms with Crippen LogP contribution in [0.3, 0.4) is 0 Å². The second-order valence-corrected chi connectivity index (χ2v) is 9.10. The summed E-state index contributed by atoms with van der Waals surface area (Å²) in [6, 6.07) is 0. The van der Waals surface area contributed by atoms with Crippen LogP contribution in [0.25, 0.3) is 0 Å². The average molecular weight is 469 g/mol. The van der Waals surface area contributed by atoms with E-state index in [-0.39, 0.29) is 25.2 Å². The van der Waals surface area contributed by atoms with E-state index >= 15 is 0 Å². The highest BCUT2D eigenvalue weighted by molar-refractivity contribution is 5.70. The molecule has 0 aromatic carbocycles. The van der Waals surface area contributed by atoms with Gasteiger partial charge in [-0.2, -0.15) is 0 Å². The third-order valence-corrected chi connectivity index (χ3v) is 5.82. The highest BCUT2D eigenvalue weighted by Gasteiger charge is 2.16. The van der Waals surface area contributed by atoms with Crippen LogP contribution in [-0.2, 0) is 19.1 Å². The van der Waals surface area contributed by atoms with E-state index in [0.717, 1.165) is 51.4 Å². The third kappa shape index (κ3) is 23.6. The van der Waals surface area contributed by atoms with Gasteiger partial charge >= 0.3 is 11.9 Å². The fourth-order valence-electron chi connectivity index (χ4n) is 3.73. The first kappa shape index (κ1) is 31.6. The van der Waals surface area contributed by atoms with Crippen molar-refractivity contribution < 1.29 is 24.2 Å². The number of esters is 2. The van der Waals surface area contributed by atoms with Crippen LogP contribution in [0.5, 0.6) is 0 Å². The van der Waals surface area contributed by atoms with Gasteiger partial charge in [-0.25, -0.2) is 0 Å². The third-order valence-electron chi connectivity index (χ3n) is 5.82. The molecule has 0 aromatic heterocycles. The summed E-state index contributed by atoms with van der Waals surface area (Å²) in [7, 11) is 0. The second-order valence-electron chi connectivity index (χ2n) is 9.10. The molecular formula is C28H52O5. The summed E-state index contributed by atoms with van der Waals surface area (Å²) >= 11 is 0. The van der Waals surface area contributed by atoms with Crippen LogP contribution in [-0.4, -0.2) is 36.4 Å². The van der Waals surface area contributed by atoms with Gasteiger partial charge in [-0.05, 0) is 32.1 Å². The van der Waals surface area contributed by atoms with Crippen molar-refractivity contribution in [1.29, 1.82) is 0 Å². The molecule has 5 heteroatoms. The van der Waals surface area contributed by atoms with Crippen LogP contribution in [0.15, 0.2) is 12.2 Å². The molecule has 0 spiro atoms. The summed E-state index contributed by atoms with van der Waals surface area (Å²) in [5, 5.41) is 9.41. The Morgan fingerprint density at radius 1 is 0.697 bits per heavy atom. The van der Waals surface area contributed by atoms with Crippen LogP contribution in [0.4, 0.5) is 0 Å². The van der Waals surface area contributed by atoms with E-state index < -0.39 is 6.10 Å². The fourth-order valence-corrected chi connectivity index (χ4v) is 3.73. The van der Waals surface area contributed by atoms with Crippen molar-refractivity contribution in [3.63, 3.8) is 0 Å². The monoisotopic (exact) mass is 468 g/mol. The van der Waals surface area contributed by atoms with E-state index in [0.29, 0.717) is 12.8 Å². The summed E-state index contributed by atoms with van der Waals surface area (Å²) in [5.41, 5.74) is 0. The molecule has 0 amide bonds. The minimum Gasteiger partial charge on any atom is -0.462 e. The smallest absolute Gasteiger partial charge is 0.306 e. The molecule has 0 aliphatic carbocycles. The highest BCUT2D eigenvalue weighted by atomic mass is 16.6. The molecule has 0 fully saturated rings. The summed E-state index contributed by atoms with van der Waals surface area (Å²) in [4.78, 5) is 23.8. The normalized spacial score (nSPS) is 12.2. The molecule has 0 aliphatic heterocycles. The van der Waals surface area contributed by atoms with E-state index in [1.54, 1.807) is 0 Å². The molecule has 0 aliphatic rings. The Labute approximate surface area is 203 Å². The Kier molecular flexibility index (Phi) is 24.2. The number of rotatable bonds is 24. The lowest BCUT2D eigenvalue weighted by molar-refractivity contribution is -0.161. The van der Waals surface area contributed by atoms with Gasteiger partial charge in [-0.1, -0.05) is 103 Å². The van der Waals surface area contributed by atoms with E-state index in [1.165, 1.54) is 57.8 Å². The molecule has 0 saturated heterocycles. The molecule has 1 N–H and O–H groups in total. The van der Waals surface area contributed by atoms with Gasteiger partial charge in [0, 0.05) is 12.8 Å². The van der Waals surface area contributed by atoms with Crippen LogP contribution in [0.2, 0.25) is 0 Å². The van der Waals surface area contributed by atoms with Crippen LogP contribution in [0.1, 0.15) is 136 Å². The zero-order valence-electron chi connectivity index (χ0n) is 21.7. The number of carbonyl (C=O) groups is 2. The molecular weight excluding hydrogens is 416 g/mol. The van der Waals surface area contributed by atoms with E-state index in [4.69, 9.17) is 9.47 Å². The van der Waals surface area contributed by atoms with E-state index in [1.807, 2.05) is 0 Å². The standard InChI is InChI=1S/C28H52O5/c1-3-5-7-9-11-13-15-16-18-20-22-27(30)32-25-26(24-29)33-28(31)23-21-19-17-14-12-10-8-6-4-2/h6,8,26,29H,3-5,7,9-25H2,1-2H3/b8-6-/t26-/m1/s1.